The maximum atomic E-state index is 16.0. The lowest BCUT2D eigenvalue weighted by molar-refractivity contribution is 0.104. The molecule has 9 rings (SSSR count). The summed E-state index contributed by atoms with van der Waals surface area (Å²) in [6, 6.07) is 39.1. The average molecular weight is 789 g/mol. The van der Waals surface area contributed by atoms with E-state index in [4.69, 9.17) is 11.5 Å². The molecule has 4 N–H and O–H groups in total. The Labute approximate surface area is 336 Å². The molecule has 57 heavy (non-hydrogen) atoms. The number of hydrogen-bond acceptors (Lipinski definition) is 5. The maximum Gasteiger partial charge on any atom is 0.194 e. The summed E-state index contributed by atoms with van der Waals surface area (Å²) in [6.45, 7) is 14.6. The van der Waals surface area contributed by atoms with Crippen LogP contribution in [0.25, 0.3) is 11.1 Å². The molecular formula is C50H50N2O3P2. The van der Waals surface area contributed by atoms with E-state index in [1.165, 1.54) is 0 Å². The highest BCUT2D eigenvalue weighted by atomic mass is 31.2. The van der Waals surface area contributed by atoms with Gasteiger partial charge in [0.25, 0.3) is 0 Å². The van der Waals surface area contributed by atoms with Crippen LogP contribution < -0.4 is 32.7 Å². The first-order valence-electron chi connectivity index (χ1n) is 20.2. The van der Waals surface area contributed by atoms with Gasteiger partial charge in [-0.3, -0.25) is 4.79 Å². The lowest BCUT2D eigenvalue weighted by Crippen LogP contribution is -2.46. The van der Waals surface area contributed by atoms with Crippen molar-refractivity contribution in [2.75, 3.05) is 11.5 Å². The Bertz CT molecular complexity index is 2800. The third-order valence-electron chi connectivity index (χ3n) is 13.2. The smallest absolute Gasteiger partial charge is 0.194 e. The molecule has 2 aliphatic heterocycles. The number of fused-ring (bicyclic) bond motifs is 11. The van der Waals surface area contributed by atoms with E-state index in [2.05, 4.69) is 114 Å². The predicted octanol–water partition coefficient (Wildman–Crippen LogP) is 9.99. The van der Waals surface area contributed by atoms with Crippen LogP contribution in [0.1, 0.15) is 115 Å². The second-order valence-corrected chi connectivity index (χ2v) is 23.6. The quantitative estimate of drug-likeness (QED) is 0.129. The molecule has 0 aromatic heterocycles. The molecular weight excluding hydrogens is 739 g/mol. The molecule has 0 saturated carbocycles. The van der Waals surface area contributed by atoms with E-state index in [1.807, 2.05) is 43.3 Å². The Kier molecular flexibility index (Phi) is 8.60. The van der Waals surface area contributed by atoms with E-state index in [1.54, 1.807) is 6.07 Å². The lowest BCUT2D eigenvalue weighted by Gasteiger charge is -2.45. The van der Waals surface area contributed by atoms with Crippen LogP contribution in [-0.4, -0.2) is 17.1 Å². The molecule has 0 fully saturated rings. The summed E-state index contributed by atoms with van der Waals surface area (Å²) in [4.78, 5) is 13.9. The minimum atomic E-state index is -3.43. The molecule has 0 saturated heterocycles. The summed E-state index contributed by atoms with van der Waals surface area (Å²) in [5.41, 5.74) is 24.4. The SMILES string of the molecule is CC(C)c1ccc2c(c1N)P(=O)(C(C)C)c1ccccc1C21c2ccccc2-c2cc(CC(C)P3(=O)c4ccccc4C(=O)c4ccc(C(C)C)c(N)c43)ccc21. The fourth-order valence-corrected chi connectivity index (χ4v) is 17.3. The van der Waals surface area contributed by atoms with Crippen molar-refractivity contribution in [3.63, 3.8) is 0 Å². The van der Waals surface area contributed by atoms with Crippen molar-refractivity contribution in [1.82, 2.24) is 0 Å². The van der Waals surface area contributed by atoms with Gasteiger partial charge in [0.1, 0.15) is 14.3 Å². The lowest BCUT2D eigenvalue weighted by atomic mass is 9.67. The van der Waals surface area contributed by atoms with Crippen LogP contribution in [0, 0.1) is 0 Å². The second kappa shape index (κ2) is 13.0. The van der Waals surface area contributed by atoms with Crippen molar-refractivity contribution >= 4 is 52.7 Å². The van der Waals surface area contributed by atoms with Gasteiger partial charge in [-0.15, -0.1) is 0 Å². The highest BCUT2D eigenvalue weighted by molar-refractivity contribution is 7.80. The van der Waals surface area contributed by atoms with Gasteiger partial charge in [-0.2, -0.15) is 0 Å². The molecule has 7 heteroatoms. The highest BCUT2D eigenvalue weighted by Gasteiger charge is 2.56. The van der Waals surface area contributed by atoms with Crippen molar-refractivity contribution in [2.45, 2.75) is 83.5 Å². The molecule has 0 amide bonds. The number of carbonyl (C=O) groups is 1. The van der Waals surface area contributed by atoms with Crippen molar-refractivity contribution in [3.05, 3.63) is 165 Å². The number of benzene rings is 6. The molecule has 6 aromatic rings. The van der Waals surface area contributed by atoms with E-state index in [9.17, 15) is 4.79 Å². The molecule has 0 radical (unpaired) electrons. The maximum absolute atomic E-state index is 16.0. The zero-order chi connectivity index (χ0) is 40.3. The van der Waals surface area contributed by atoms with E-state index in [-0.39, 0.29) is 28.9 Å². The van der Waals surface area contributed by atoms with Crippen molar-refractivity contribution in [2.24, 2.45) is 0 Å². The van der Waals surface area contributed by atoms with Gasteiger partial charge >= 0.3 is 0 Å². The summed E-state index contributed by atoms with van der Waals surface area (Å²) >= 11 is 0. The third-order valence-corrected chi connectivity index (χ3v) is 20.6. The van der Waals surface area contributed by atoms with Crippen LogP contribution in [0.4, 0.5) is 11.4 Å². The molecule has 6 aromatic carbocycles. The van der Waals surface area contributed by atoms with Crippen LogP contribution in [0.5, 0.6) is 0 Å². The molecule has 288 valence electrons. The van der Waals surface area contributed by atoms with Gasteiger partial charge in [-0.1, -0.05) is 158 Å². The van der Waals surface area contributed by atoms with E-state index < -0.39 is 19.7 Å². The number of nitrogens with two attached hydrogens (primary N) is 2. The molecule has 3 aliphatic rings. The number of anilines is 2. The highest BCUT2D eigenvalue weighted by Crippen LogP contribution is 2.65. The first-order chi connectivity index (χ1) is 27.2. The third kappa shape index (κ3) is 4.86. The Hall–Kier alpha value is -4.95. The molecule has 4 unspecified atom stereocenters. The molecule has 1 aliphatic carbocycles. The minimum absolute atomic E-state index is 0.104. The molecule has 5 nitrogen and oxygen atoms in total. The Morgan fingerprint density at radius 1 is 0.526 bits per heavy atom. The summed E-state index contributed by atoms with van der Waals surface area (Å²) in [7, 11) is -6.62. The van der Waals surface area contributed by atoms with Crippen molar-refractivity contribution in [1.29, 1.82) is 0 Å². The first kappa shape index (κ1) is 37.6. The average Bonchev–Trinajstić information content (AvgIpc) is 3.48. The van der Waals surface area contributed by atoms with Gasteiger partial charge < -0.3 is 20.6 Å². The van der Waals surface area contributed by atoms with E-state index in [0.717, 1.165) is 60.7 Å². The van der Waals surface area contributed by atoms with Crippen LogP contribution >= 0.6 is 14.3 Å². The summed E-state index contributed by atoms with van der Waals surface area (Å²) in [5, 5.41) is 2.78. The van der Waals surface area contributed by atoms with E-state index >= 15 is 9.13 Å². The number of ketones is 1. The molecule has 1 spiro atoms. The van der Waals surface area contributed by atoms with Gasteiger partial charge in [0.05, 0.1) is 10.7 Å². The number of carbonyl (C=O) groups excluding carboxylic acids is 1. The number of nitrogen functional groups attached to an aromatic ring is 2. The Balaban J connectivity index is 1.26. The predicted molar refractivity (Wildman–Crippen MR) is 239 cm³/mol. The zero-order valence-corrected chi connectivity index (χ0v) is 35.5. The second-order valence-electron chi connectivity index (χ2n) is 17.2. The van der Waals surface area contributed by atoms with Gasteiger partial charge in [-0.05, 0) is 74.4 Å². The van der Waals surface area contributed by atoms with Gasteiger partial charge in [0.2, 0.25) is 0 Å². The summed E-state index contributed by atoms with van der Waals surface area (Å²) < 4.78 is 31.9. The van der Waals surface area contributed by atoms with Crippen molar-refractivity contribution in [3.8, 4) is 11.1 Å². The van der Waals surface area contributed by atoms with Gasteiger partial charge in [0.15, 0.2) is 5.78 Å². The normalized spacial score (nSPS) is 21.9. The van der Waals surface area contributed by atoms with Crippen LogP contribution in [0.15, 0.2) is 115 Å². The van der Waals surface area contributed by atoms with Gasteiger partial charge in [-0.25, -0.2) is 0 Å². The largest absolute Gasteiger partial charge is 0.398 e. The molecule has 4 atom stereocenters. The minimum Gasteiger partial charge on any atom is -0.398 e. The molecule has 0 bridgehead atoms. The van der Waals surface area contributed by atoms with Gasteiger partial charge in [0, 0.05) is 49.7 Å². The zero-order valence-electron chi connectivity index (χ0n) is 33.8. The van der Waals surface area contributed by atoms with Crippen LogP contribution in [0.3, 0.4) is 0 Å². The number of hydrogen-bond donors (Lipinski definition) is 2. The fourth-order valence-electron chi connectivity index (χ4n) is 10.5. The first-order valence-corrected chi connectivity index (χ1v) is 23.8. The Morgan fingerprint density at radius 3 is 1.74 bits per heavy atom. The summed E-state index contributed by atoms with van der Waals surface area (Å²) in [6.07, 6.45) is 0.507. The van der Waals surface area contributed by atoms with Crippen LogP contribution in [0.2, 0.25) is 0 Å². The monoisotopic (exact) mass is 788 g/mol. The Morgan fingerprint density at radius 2 is 1.07 bits per heavy atom. The van der Waals surface area contributed by atoms with Crippen molar-refractivity contribution < 1.29 is 13.9 Å². The summed E-state index contributed by atoms with van der Waals surface area (Å²) in [5.74, 6) is 0.140. The topological polar surface area (TPSA) is 103 Å². The number of rotatable bonds is 6. The standard InChI is InChI=1S/C50H50N2O3P2/c1-28(2)33-21-22-37-47(53)36-15-9-12-18-43(36)57(55,48(37)45(33)51)31(7)26-32-20-24-40-38(27-32)35-14-8-10-16-39(35)50(40)41-17-11-13-19-44(41)56(54,30(5)6)49-42(50)25-23-34(29(3)4)46(49)52/h8-25,27-31H,26,51-52H2,1-7H3. The molecule has 2 heterocycles. The van der Waals surface area contributed by atoms with E-state index in [0.29, 0.717) is 39.5 Å². The van der Waals surface area contributed by atoms with Crippen LogP contribution in [-0.2, 0) is 21.0 Å². The fraction of sp³-hybridized carbons (Fsp3) is 0.260.